The topological polar surface area (TPSA) is 90.5 Å². The second kappa shape index (κ2) is 9.38. The summed E-state index contributed by atoms with van der Waals surface area (Å²) in [5.41, 5.74) is 1.88. The van der Waals surface area contributed by atoms with E-state index in [9.17, 15) is 14.0 Å². The molecule has 9 heteroatoms. The fourth-order valence-electron chi connectivity index (χ4n) is 4.01. The van der Waals surface area contributed by atoms with Crippen molar-refractivity contribution in [3.8, 4) is 5.75 Å². The normalized spacial score (nSPS) is 11.1. The molecule has 2 heterocycles. The maximum atomic E-state index is 13.4. The minimum absolute atomic E-state index is 0.171. The molecule has 35 heavy (non-hydrogen) atoms. The Morgan fingerprint density at radius 3 is 2.49 bits per heavy atom. The van der Waals surface area contributed by atoms with Crippen LogP contribution in [0.15, 0.2) is 77.6 Å². The predicted octanol–water partition coefficient (Wildman–Crippen LogP) is 3.81. The van der Waals surface area contributed by atoms with Gasteiger partial charge in [0.1, 0.15) is 17.4 Å². The number of carbonyl (C=O) groups is 1. The summed E-state index contributed by atoms with van der Waals surface area (Å²) in [4.78, 5) is 25.8. The molecule has 0 spiro atoms. The van der Waals surface area contributed by atoms with Crippen LogP contribution in [0.1, 0.15) is 17.8 Å². The SMILES string of the molecule is COc1ccc(NC(=O)CCc2nnc3n(Cc4ccc(F)cc4)c(=O)c4ccccc4n23)cc1. The van der Waals surface area contributed by atoms with Crippen LogP contribution < -0.4 is 15.6 Å². The molecule has 0 unspecified atom stereocenters. The molecule has 0 aliphatic carbocycles. The summed E-state index contributed by atoms with van der Waals surface area (Å²) >= 11 is 0. The van der Waals surface area contributed by atoms with Crippen LogP contribution in [0, 0.1) is 5.82 Å². The van der Waals surface area contributed by atoms with Gasteiger partial charge in [-0.1, -0.05) is 24.3 Å². The number of aromatic nitrogens is 4. The van der Waals surface area contributed by atoms with Crippen LogP contribution in [0.3, 0.4) is 0 Å². The molecular formula is C26H22FN5O3. The van der Waals surface area contributed by atoms with Gasteiger partial charge in [-0.3, -0.25) is 18.6 Å². The number of anilines is 1. The number of aryl methyl sites for hydroxylation is 1. The number of benzene rings is 3. The fourth-order valence-corrected chi connectivity index (χ4v) is 4.01. The van der Waals surface area contributed by atoms with Gasteiger partial charge in [0, 0.05) is 18.5 Å². The number of hydrogen-bond donors (Lipinski definition) is 1. The first-order valence-electron chi connectivity index (χ1n) is 11.1. The van der Waals surface area contributed by atoms with E-state index in [1.807, 2.05) is 12.1 Å². The van der Waals surface area contributed by atoms with Crippen molar-refractivity contribution in [1.29, 1.82) is 0 Å². The van der Waals surface area contributed by atoms with Crippen molar-refractivity contribution in [3.63, 3.8) is 0 Å². The number of carbonyl (C=O) groups excluding carboxylic acids is 1. The van der Waals surface area contributed by atoms with Crippen LogP contribution in [0.5, 0.6) is 5.75 Å². The van der Waals surface area contributed by atoms with Crippen molar-refractivity contribution in [2.75, 3.05) is 12.4 Å². The third kappa shape index (κ3) is 4.48. The van der Waals surface area contributed by atoms with E-state index in [4.69, 9.17) is 4.74 Å². The standard InChI is InChI=1S/C26H22FN5O3/c1-35-20-12-10-19(11-13-20)28-24(33)15-14-23-29-30-26-31(16-17-6-8-18(27)9-7-17)25(34)21-4-2-3-5-22(21)32(23)26/h2-13H,14-16H2,1H3,(H,28,33). The molecular weight excluding hydrogens is 449 g/mol. The smallest absolute Gasteiger partial charge is 0.263 e. The van der Waals surface area contributed by atoms with Crippen LogP contribution in [0.25, 0.3) is 16.7 Å². The van der Waals surface area contributed by atoms with Gasteiger partial charge in [-0.05, 0) is 54.1 Å². The Morgan fingerprint density at radius 2 is 1.74 bits per heavy atom. The van der Waals surface area contributed by atoms with E-state index < -0.39 is 0 Å². The molecule has 0 fully saturated rings. The van der Waals surface area contributed by atoms with Gasteiger partial charge >= 0.3 is 0 Å². The van der Waals surface area contributed by atoms with E-state index in [0.29, 0.717) is 40.4 Å². The van der Waals surface area contributed by atoms with Gasteiger partial charge in [0.25, 0.3) is 5.56 Å². The number of methoxy groups -OCH3 is 1. The van der Waals surface area contributed by atoms with E-state index in [-0.39, 0.29) is 30.2 Å². The van der Waals surface area contributed by atoms with E-state index in [0.717, 1.165) is 5.56 Å². The molecule has 0 saturated heterocycles. The molecule has 8 nitrogen and oxygen atoms in total. The molecule has 2 aromatic heterocycles. The van der Waals surface area contributed by atoms with Gasteiger partial charge in [0.2, 0.25) is 11.7 Å². The van der Waals surface area contributed by atoms with Gasteiger partial charge < -0.3 is 10.1 Å². The first-order valence-corrected chi connectivity index (χ1v) is 11.1. The Labute approximate surface area is 199 Å². The number of rotatable bonds is 7. The van der Waals surface area contributed by atoms with E-state index in [1.165, 1.54) is 16.7 Å². The third-order valence-corrected chi connectivity index (χ3v) is 5.78. The average molecular weight is 471 g/mol. The zero-order chi connectivity index (χ0) is 24.4. The Kier molecular flexibility index (Phi) is 5.97. The minimum atomic E-state index is -0.345. The number of amides is 1. The monoisotopic (exact) mass is 471 g/mol. The summed E-state index contributed by atoms with van der Waals surface area (Å²) in [6.45, 7) is 0.212. The first kappa shape index (κ1) is 22.3. The molecule has 0 radical (unpaired) electrons. The van der Waals surface area contributed by atoms with Crippen LogP contribution in [-0.4, -0.2) is 32.2 Å². The highest BCUT2D eigenvalue weighted by Crippen LogP contribution is 2.18. The Balaban J connectivity index is 1.46. The number of nitrogens with zero attached hydrogens (tertiary/aromatic N) is 4. The van der Waals surface area contributed by atoms with Gasteiger partial charge in [0.05, 0.1) is 24.6 Å². The second-order valence-electron chi connectivity index (χ2n) is 8.06. The number of para-hydroxylation sites is 1. The van der Waals surface area contributed by atoms with E-state index >= 15 is 0 Å². The maximum absolute atomic E-state index is 13.4. The van der Waals surface area contributed by atoms with Crippen LogP contribution in [-0.2, 0) is 17.8 Å². The average Bonchev–Trinajstić information content (AvgIpc) is 3.31. The van der Waals surface area contributed by atoms with Gasteiger partial charge in [-0.25, -0.2) is 4.39 Å². The molecule has 0 aliphatic rings. The van der Waals surface area contributed by atoms with E-state index in [1.54, 1.807) is 60.0 Å². The van der Waals surface area contributed by atoms with Gasteiger partial charge in [-0.2, -0.15) is 0 Å². The highest BCUT2D eigenvalue weighted by molar-refractivity contribution is 5.90. The van der Waals surface area contributed by atoms with Crippen LogP contribution >= 0.6 is 0 Å². The fraction of sp³-hybridized carbons (Fsp3) is 0.154. The zero-order valence-corrected chi connectivity index (χ0v) is 18.9. The molecule has 0 saturated carbocycles. The van der Waals surface area contributed by atoms with Crippen molar-refractivity contribution < 1.29 is 13.9 Å². The zero-order valence-electron chi connectivity index (χ0n) is 18.9. The number of hydrogen-bond acceptors (Lipinski definition) is 5. The number of halogens is 1. The van der Waals surface area contributed by atoms with E-state index in [2.05, 4.69) is 15.5 Å². The summed E-state index contributed by atoms with van der Waals surface area (Å²) in [5, 5.41) is 11.9. The lowest BCUT2D eigenvalue weighted by molar-refractivity contribution is -0.116. The molecule has 0 aliphatic heterocycles. The second-order valence-corrected chi connectivity index (χ2v) is 8.06. The van der Waals surface area contributed by atoms with Crippen molar-refractivity contribution in [3.05, 3.63) is 100 Å². The Hall–Kier alpha value is -4.53. The summed E-state index contributed by atoms with van der Waals surface area (Å²) < 4.78 is 21.8. The molecule has 176 valence electrons. The van der Waals surface area contributed by atoms with Crippen molar-refractivity contribution in [2.24, 2.45) is 0 Å². The maximum Gasteiger partial charge on any atom is 0.263 e. The molecule has 5 rings (SSSR count). The lowest BCUT2D eigenvalue weighted by Gasteiger charge is -2.12. The van der Waals surface area contributed by atoms with Crippen LogP contribution in [0.2, 0.25) is 0 Å². The lowest BCUT2D eigenvalue weighted by Crippen LogP contribution is -2.24. The Bertz CT molecular complexity index is 1570. The highest BCUT2D eigenvalue weighted by atomic mass is 19.1. The number of fused-ring (bicyclic) bond motifs is 3. The summed E-state index contributed by atoms with van der Waals surface area (Å²) in [6, 6.07) is 20.3. The summed E-state index contributed by atoms with van der Waals surface area (Å²) in [7, 11) is 1.58. The molecule has 5 aromatic rings. The van der Waals surface area contributed by atoms with Crippen molar-refractivity contribution >= 4 is 28.3 Å². The van der Waals surface area contributed by atoms with Crippen molar-refractivity contribution in [1.82, 2.24) is 19.2 Å². The number of ether oxygens (including phenoxy) is 1. The third-order valence-electron chi connectivity index (χ3n) is 5.78. The molecule has 0 bridgehead atoms. The summed E-state index contributed by atoms with van der Waals surface area (Å²) in [6.07, 6.45) is 0.500. The molecule has 0 atom stereocenters. The van der Waals surface area contributed by atoms with Gasteiger partial charge in [-0.15, -0.1) is 10.2 Å². The highest BCUT2D eigenvalue weighted by Gasteiger charge is 2.17. The minimum Gasteiger partial charge on any atom is -0.497 e. The predicted molar refractivity (Wildman–Crippen MR) is 130 cm³/mol. The lowest BCUT2D eigenvalue weighted by atomic mass is 10.2. The number of nitrogens with one attached hydrogen (secondary N) is 1. The molecule has 1 N–H and O–H groups in total. The Morgan fingerprint density at radius 1 is 1.00 bits per heavy atom. The molecule has 1 amide bonds. The van der Waals surface area contributed by atoms with Gasteiger partial charge in [0.15, 0.2) is 0 Å². The summed E-state index contributed by atoms with van der Waals surface area (Å²) in [5.74, 6) is 1.12. The first-order chi connectivity index (χ1) is 17.0. The largest absolute Gasteiger partial charge is 0.497 e. The molecule has 3 aromatic carbocycles. The van der Waals surface area contributed by atoms with Crippen molar-refractivity contribution in [2.45, 2.75) is 19.4 Å². The quantitative estimate of drug-likeness (QED) is 0.390. The van der Waals surface area contributed by atoms with Crippen LogP contribution in [0.4, 0.5) is 10.1 Å².